The molecule has 0 saturated carbocycles. The molecule has 1 heterocycles. The molecule has 1 atom stereocenters. The van der Waals surface area contributed by atoms with Crippen LogP contribution in [0.2, 0.25) is 5.02 Å². The van der Waals surface area contributed by atoms with Crippen molar-refractivity contribution in [1.29, 1.82) is 0 Å². The van der Waals surface area contributed by atoms with Gasteiger partial charge in [-0.25, -0.2) is 0 Å². The summed E-state index contributed by atoms with van der Waals surface area (Å²) in [7, 11) is 0. The molecule has 5 heteroatoms. The fourth-order valence-corrected chi connectivity index (χ4v) is 3.98. The van der Waals surface area contributed by atoms with Gasteiger partial charge in [0.05, 0.1) is 0 Å². The van der Waals surface area contributed by atoms with Gasteiger partial charge in [-0.15, -0.1) is 0 Å². The summed E-state index contributed by atoms with van der Waals surface area (Å²) < 4.78 is 6.13. The zero-order valence-corrected chi connectivity index (χ0v) is 18.8. The summed E-state index contributed by atoms with van der Waals surface area (Å²) in [5, 5.41) is 0.741. The van der Waals surface area contributed by atoms with Gasteiger partial charge in [-0.3, -0.25) is 4.79 Å². The quantitative estimate of drug-likeness (QED) is 0.674. The Morgan fingerprint density at radius 2 is 1.69 bits per heavy atom. The molecule has 156 valence electrons. The van der Waals surface area contributed by atoms with Crippen LogP contribution in [0.4, 0.5) is 5.69 Å². The number of piperazine rings is 1. The van der Waals surface area contributed by atoms with Crippen molar-refractivity contribution in [2.45, 2.75) is 46.6 Å². The molecule has 0 bridgehead atoms. The highest BCUT2D eigenvalue weighted by Gasteiger charge is 2.27. The zero-order valence-electron chi connectivity index (χ0n) is 18.0. The van der Waals surface area contributed by atoms with E-state index in [1.165, 1.54) is 5.56 Å². The van der Waals surface area contributed by atoms with Crippen molar-refractivity contribution in [2.24, 2.45) is 0 Å². The Labute approximate surface area is 179 Å². The summed E-state index contributed by atoms with van der Waals surface area (Å²) in [5.41, 5.74) is 4.62. The van der Waals surface area contributed by atoms with Crippen molar-refractivity contribution in [2.75, 3.05) is 31.1 Å². The first-order chi connectivity index (χ1) is 13.8. The lowest BCUT2D eigenvalue weighted by Crippen LogP contribution is -2.52. The van der Waals surface area contributed by atoms with Gasteiger partial charge in [0, 0.05) is 36.9 Å². The van der Waals surface area contributed by atoms with Crippen LogP contribution in [0.25, 0.3) is 0 Å². The molecule has 0 N–H and O–H groups in total. The van der Waals surface area contributed by atoms with Crippen molar-refractivity contribution in [3.63, 3.8) is 0 Å². The fourth-order valence-electron chi connectivity index (χ4n) is 3.81. The number of nitrogens with zero attached hydrogens (tertiary/aromatic N) is 2. The third-order valence-electron chi connectivity index (χ3n) is 5.55. The van der Waals surface area contributed by atoms with Crippen molar-refractivity contribution in [3.8, 4) is 5.75 Å². The van der Waals surface area contributed by atoms with Gasteiger partial charge in [0.2, 0.25) is 0 Å². The fraction of sp³-hybridized carbons (Fsp3) is 0.458. The van der Waals surface area contributed by atoms with Gasteiger partial charge < -0.3 is 14.5 Å². The first kappa shape index (κ1) is 21.5. The normalized spacial score (nSPS) is 15.6. The van der Waals surface area contributed by atoms with Gasteiger partial charge >= 0.3 is 0 Å². The summed E-state index contributed by atoms with van der Waals surface area (Å²) in [6.07, 6.45) is -0.506. The van der Waals surface area contributed by atoms with E-state index in [1.807, 2.05) is 43.0 Å². The molecule has 2 aromatic rings. The van der Waals surface area contributed by atoms with Gasteiger partial charge in [-0.2, -0.15) is 0 Å². The molecule has 0 aliphatic carbocycles. The molecule has 4 nitrogen and oxygen atoms in total. The predicted octanol–water partition coefficient (Wildman–Crippen LogP) is 5.20. The molecule has 0 radical (unpaired) electrons. The van der Waals surface area contributed by atoms with Crippen molar-refractivity contribution < 1.29 is 9.53 Å². The second kappa shape index (κ2) is 9.08. The second-order valence-electron chi connectivity index (χ2n) is 8.20. The van der Waals surface area contributed by atoms with Crippen LogP contribution < -0.4 is 9.64 Å². The largest absolute Gasteiger partial charge is 0.481 e. The Bertz CT molecular complexity index is 873. The van der Waals surface area contributed by atoms with E-state index >= 15 is 0 Å². The van der Waals surface area contributed by atoms with Crippen LogP contribution in [0.1, 0.15) is 43.4 Å². The lowest BCUT2D eigenvalue weighted by Gasteiger charge is -2.37. The maximum absolute atomic E-state index is 13.0. The average Bonchev–Trinajstić information content (AvgIpc) is 2.69. The smallest absolute Gasteiger partial charge is 0.263 e. The molecule has 0 aromatic heterocycles. The lowest BCUT2D eigenvalue weighted by molar-refractivity contribution is -0.138. The Morgan fingerprint density at radius 1 is 1.00 bits per heavy atom. The Hall–Kier alpha value is -2.20. The summed E-state index contributed by atoms with van der Waals surface area (Å²) in [4.78, 5) is 17.2. The molecule has 0 spiro atoms. The number of ether oxygens (including phenoxy) is 1. The van der Waals surface area contributed by atoms with E-state index in [0.29, 0.717) is 19.0 Å². The number of hydrogen-bond donors (Lipinski definition) is 0. The van der Waals surface area contributed by atoms with Crippen LogP contribution in [0.3, 0.4) is 0 Å². The minimum Gasteiger partial charge on any atom is -0.481 e. The van der Waals surface area contributed by atoms with Crippen molar-refractivity contribution in [1.82, 2.24) is 4.90 Å². The Kier molecular flexibility index (Phi) is 6.74. The van der Waals surface area contributed by atoms with Gasteiger partial charge in [0.1, 0.15) is 5.75 Å². The van der Waals surface area contributed by atoms with Gasteiger partial charge in [0.25, 0.3) is 5.91 Å². The molecule has 1 saturated heterocycles. The highest BCUT2D eigenvalue weighted by Crippen LogP contribution is 2.29. The monoisotopic (exact) mass is 414 g/mol. The molecular formula is C24H31ClN2O2. The number of carbonyl (C=O) groups is 1. The zero-order chi connectivity index (χ0) is 21.1. The van der Waals surface area contributed by atoms with Crippen molar-refractivity contribution in [3.05, 3.63) is 58.1 Å². The van der Waals surface area contributed by atoms with Gasteiger partial charge in [-0.05, 0) is 61.6 Å². The molecule has 29 heavy (non-hydrogen) atoms. The minimum atomic E-state index is -0.506. The minimum absolute atomic E-state index is 0.0451. The third kappa shape index (κ3) is 5.05. The summed E-state index contributed by atoms with van der Waals surface area (Å²) in [6.45, 7) is 13.2. The van der Waals surface area contributed by atoms with E-state index in [1.54, 1.807) is 0 Å². The van der Waals surface area contributed by atoms with Crippen LogP contribution in [0.15, 0.2) is 36.4 Å². The molecular weight excluding hydrogens is 384 g/mol. The molecule has 1 amide bonds. The molecule has 1 aliphatic rings. The number of rotatable bonds is 5. The van der Waals surface area contributed by atoms with Crippen LogP contribution in [0, 0.1) is 13.8 Å². The van der Waals surface area contributed by atoms with Gasteiger partial charge in [0.15, 0.2) is 6.10 Å². The number of benzene rings is 2. The number of hydrogen-bond acceptors (Lipinski definition) is 3. The summed E-state index contributed by atoms with van der Waals surface area (Å²) >= 11 is 6.17. The first-order valence-electron chi connectivity index (χ1n) is 10.3. The molecule has 0 unspecified atom stereocenters. The first-order valence-corrected chi connectivity index (χ1v) is 10.7. The third-order valence-corrected chi connectivity index (χ3v) is 5.78. The molecule has 2 aromatic carbocycles. The Balaban J connectivity index is 1.63. The molecule has 1 aliphatic heterocycles. The topological polar surface area (TPSA) is 32.8 Å². The van der Waals surface area contributed by atoms with E-state index in [0.717, 1.165) is 40.7 Å². The predicted molar refractivity (Wildman–Crippen MR) is 120 cm³/mol. The summed E-state index contributed by atoms with van der Waals surface area (Å²) in [6, 6.07) is 12.2. The number of halogens is 1. The highest BCUT2D eigenvalue weighted by atomic mass is 35.5. The molecule has 1 fully saturated rings. The van der Waals surface area contributed by atoms with E-state index in [-0.39, 0.29) is 5.91 Å². The summed E-state index contributed by atoms with van der Waals surface area (Å²) in [5.74, 6) is 1.20. The number of anilines is 1. The average molecular weight is 415 g/mol. The van der Waals surface area contributed by atoms with E-state index < -0.39 is 6.10 Å². The number of carbonyl (C=O) groups excluding carboxylic acids is 1. The second-order valence-corrected chi connectivity index (χ2v) is 8.64. The maximum Gasteiger partial charge on any atom is 0.263 e. The van der Waals surface area contributed by atoms with Crippen LogP contribution >= 0.6 is 11.6 Å². The standard InChI is InChI=1S/C24H31ClN2O2/c1-16(2)21-9-6-17(3)14-23(21)29-19(5)24(28)27-12-10-26(11-13-27)22-15-20(25)8-7-18(22)4/h6-9,14-16,19H,10-13H2,1-5H3/t19-/m0/s1. The van der Waals surface area contributed by atoms with E-state index in [4.69, 9.17) is 16.3 Å². The maximum atomic E-state index is 13.0. The number of aryl methyl sites for hydroxylation is 2. The SMILES string of the molecule is Cc1ccc(C(C)C)c(O[C@@H](C)C(=O)N2CCN(c3cc(Cl)ccc3C)CC2)c1. The van der Waals surface area contributed by atoms with Crippen LogP contribution in [-0.2, 0) is 4.79 Å². The number of amides is 1. The Morgan fingerprint density at radius 3 is 2.34 bits per heavy atom. The van der Waals surface area contributed by atoms with Crippen molar-refractivity contribution >= 4 is 23.2 Å². The van der Waals surface area contributed by atoms with E-state index in [2.05, 4.69) is 37.8 Å². The highest BCUT2D eigenvalue weighted by molar-refractivity contribution is 6.30. The van der Waals surface area contributed by atoms with Crippen LogP contribution in [0.5, 0.6) is 5.75 Å². The lowest BCUT2D eigenvalue weighted by atomic mass is 10.0. The van der Waals surface area contributed by atoms with Crippen LogP contribution in [-0.4, -0.2) is 43.1 Å². The van der Waals surface area contributed by atoms with Gasteiger partial charge in [-0.1, -0.05) is 43.6 Å². The molecule has 3 rings (SSSR count). The van der Waals surface area contributed by atoms with E-state index in [9.17, 15) is 4.79 Å².